The summed E-state index contributed by atoms with van der Waals surface area (Å²) >= 11 is 0. The van der Waals surface area contributed by atoms with Gasteiger partial charge in [0.1, 0.15) is 0 Å². The zero-order chi connectivity index (χ0) is 24.5. The fraction of sp³-hybridized carbons (Fsp3) is 0.375. The minimum absolute atomic E-state index is 0.00395. The molecular formula is C32H38N2O. The van der Waals surface area contributed by atoms with Crippen LogP contribution in [0.15, 0.2) is 103 Å². The van der Waals surface area contributed by atoms with Crippen LogP contribution >= 0.6 is 0 Å². The van der Waals surface area contributed by atoms with Crippen LogP contribution in [0.3, 0.4) is 0 Å². The first-order valence-corrected chi connectivity index (χ1v) is 12.8. The van der Waals surface area contributed by atoms with Crippen LogP contribution in [0.5, 0.6) is 0 Å². The van der Waals surface area contributed by atoms with Crippen LogP contribution in [-0.2, 0) is 10.3 Å². The Labute approximate surface area is 210 Å². The molecule has 3 heteroatoms. The summed E-state index contributed by atoms with van der Waals surface area (Å²) in [5.74, 6) is 0. The third-order valence-corrected chi connectivity index (χ3v) is 7.92. The summed E-state index contributed by atoms with van der Waals surface area (Å²) in [6.45, 7) is 8.14. The van der Waals surface area contributed by atoms with Crippen molar-refractivity contribution in [3.05, 3.63) is 120 Å². The fourth-order valence-corrected chi connectivity index (χ4v) is 6.93. The van der Waals surface area contributed by atoms with Gasteiger partial charge < -0.3 is 10.1 Å². The molecule has 2 saturated heterocycles. The van der Waals surface area contributed by atoms with E-state index >= 15 is 0 Å². The summed E-state index contributed by atoms with van der Waals surface area (Å²) in [6.07, 6.45) is 6.43. The number of nitrogens with one attached hydrogen (secondary N) is 1. The first-order chi connectivity index (χ1) is 16.9. The Morgan fingerprint density at radius 1 is 0.829 bits per heavy atom. The molecule has 0 spiro atoms. The standard InChI is InChI=1S/C32H38N2O/c1-30(2,3)29-31(22-23-35-4)21-20-28(33-31)24-34(29)32(25-14-8-5-9-15-25,26-16-10-6-11-17-26)27-18-12-7-13-19-27/h5-19,22-23,28-29,33H,20-21,24H2,1-4H3/b23-22+. The molecule has 3 atom stereocenters. The van der Waals surface area contributed by atoms with Crippen molar-refractivity contribution in [1.82, 2.24) is 10.2 Å². The van der Waals surface area contributed by atoms with Gasteiger partial charge >= 0.3 is 0 Å². The Morgan fingerprint density at radius 3 is 1.74 bits per heavy atom. The van der Waals surface area contributed by atoms with Gasteiger partial charge in [0.25, 0.3) is 0 Å². The largest absolute Gasteiger partial charge is 0.505 e. The summed E-state index contributed by atoms with van der Waals surface area (Å²) in [6, 6.07) is 33.9. The molecule has 5 rings (SSSR count). The summed E-state index contributed by atoms with van der Waals surface area (Å²) < 4.78 is 5.49. The summed E-state index contributed by atoms with van der Waals surface area (Å²) in [7, 11) is 1.74. The Hall–Kier alpha value is -2.88. The zero-order valence-corrected chi connectivity index (χ0v) is 21.4. The van der Waals surface area contributed by atoms with Crippen molar-refractivity contribution in [2.45, 2.75) is 56.8 Å². The van der Waals surface area contributed by atoms with E-state index < -0.39 is 5.54 Å². The quantitative estimate of drug-likeness (QED) is 0.338. The lowest BCUT2D eigenvalue weighted by Gasteiger charge is -2.60. The van der Waals surface area contributed by atoms with E-state index in [-0.39, 0.29) is 17.0 Å². The molecule has 2 aliphatic heterocycles. The molecule has 0 amide bonds. The van der Waals surface area contributed by atoms with Crippen LogP contribution in [0.1, 0.15) is 50.3 Å². The predicted octanol–water partition coefficient (Wildman–Crippen LogP) is 6.36. The number of hydrogen-bond acceptors (Lipinski definition) is 3. The second kappa shape index (κ2) is 9.29. The minimum Gasteiger partial charge on any atom is -0.505 e. The lowest BCUT2D eigenvalue weighted by atomic mass is 9.67. The lowest BCUT2D eigenvalue weighted by molar-refractivity contribution is -0.0346. The number of ether oxygens (including phenoxy) is 1. The van der Waals surface area contributed by atoms with Gasteiger partial charge in [0, 0.05) is 18.6 Å². The van der Waals surface area contributed by atoms with Gasteiger partial charge in [-0.15, -0.1) is 0 Å². The second-order valence-corrected chi connectivity index (χ2v) is 11.2. The molecule has 0 aromatic heterocycles. The maximum Gasteiger partial charge on any atom is 0.0976 e. The number of benzene rings is 3. The van der Waals surface area contributed by atoms with Crippen LogP contribution in [-0.4, -0.2) is 36.2 Å². The van der Waals surface area contributed by atoms with Gasteiger partial charge in [-0.2, -0.15) is 0 Å². The molecule has 3 aromatic carbocycles. The Balaban J connectivity index is 1.85. The van der Waals surface area contributed by atoms with E-state index in [1.54, 1.807) is 7.11 Å². The number of piperazine rings is 1. The lowest BCUT2D eigenvalue weighted by Crippen LogP contribution is -2.73. The molecule has 2 aliphatic rings. The van der Waals surface area contributed by atoms with Gasteiger partial charge in [-0.25, -0.2) is 0 Å². The summed E-state index contributed by atoms with van der Waals surface area (Å²) in [5, 5.41) is 4.04. The monoisotopic (exact) mass is 466 g/mol. The SMILES string of the molecule is CO/C=C/C12CCC(CN(C(c3ccccc3)(c3ccccc3)c3ccccc3)C1C(C)(C)C)N2. The number of likely N-dealkylation sites (tertiary alicyclic amines) is 1. The van der Waals surface area contributed by atoms with E-state index in [0.29, 0.717) is 6.04 Å². The number of rotatable bonds is 6. The minimum atomic E-state index is -0.432. The topological polar surface area (TPSA) is 24.5 Å². The summed E-state index contributed by atoms with van der Waals surface area (Å²) in [5.41, 5.74) is 3.32. The van der Waals surface area contributed by atoms with Gasteiger partial charge in [-0.05, 0) is 41.0 Å². The van der Waals surface area contributed by atoms with Gasteiger partial charge in [0.05, 0.1) is 24.4 Å². The fourth-order valence-electron chi connectivity index (χ4n) is 6.93. The molecule has 182 valence electrons. The number of methoxy groups -OCH3 is 1. The smallest absolute Gasteiger partial charge is 0.0976 e. The molecule has 2 fully saturated rings. The molecule has 2 bridgehead atoms. The van der Waals surface area contributed by atoms with Crippen molar-refractivity contribution < 1.29 is 4.74 Å². The van der Waals surface area contributed by atoms with Crippen molar-refractivity contribution >= 4 is 0 Å². The average molecular weight is 467 g/mol. The van der Waals surface area contributed by atoms with Crippen molar-refractivity contribution in [1.29, 1.82) is 0 Å². The van der Waals surface area contributed by atoms with E-state index in [4.69, 9.17) is 4.74 Å². The molecular weight excluding hydrogens is 428 g/mol. The Kier molecular flexibility index (Phi) is 6.33. The second-order valence-electron chi connectivity index (χ2n) is 11.2. The van der Waals surface area contributed by atoms with E-state index in [9.17, 15) is 0 Å². The molecule has 3 aromatic rings. The molecule has 3 nitrogen and oxygen atoms in total. The van der Waals surface area contributed by atoms with Crippen LogP contribution in [0.4, 0.5) is 0 Å². The zero-order valence-electron chi connectivity index (χ0n) is 21.4. The molecule has 0 aliphatic carbocycles. The van der Waals surface area contributed by atoms with Gasteiger partial charge in [-0.1, -0.05) is 112 Å². The molecule has 3 unspecified atom stereocenters. The highest BCUT2D eigenvalue weighted by molar-refractivity contribution is 5.51. The highest BCUT2D eigenvalue weighted by Gasteiger charge is 2.60. The molecule has 1 N–H and O–H groups in total. The van der Waals surface area contributed by atoms with Crippen LogP contribution < -0.4 is 5.32 Å². The van der Waals surface area contributed by atoms with Gasteiger partial charge in [-0.3, -0.25) is 4.90 Å². The highest BCUT2D eigenvalue weighted by atomic mass is 16.5. The van der Waals surface area contributed by atoms with Crippen molar-refractivity contribution in [2.75, 3.05) is 13.7 Å². The van der Waals surface area contributed by atoms with Crippen LogP contribution in [0, 0.1) is 5.41 Å². The van der Waals surface area contributed by atoms with Crippen molar-refractivity contribution in [3.8, 4) is 0 Å². The molecule has 35 heavy (non-hydrogen) atoms. The van der Waals surface area contributed by atoms with Crippen molar-refractivity contribution in [2.24, 2.45) is 5.41 Å². The van der Waals surface area contributed by atoms with Gasteiger partial charge in [0.15, 0.2) is 0 Å². The number of fused-ring (bicyclic) bond motifs is 2. The predicted molar refractivity (Wildman–Crippen MR) is 144 cm³/mol. The average Bonchev–Trinajstić information content (AvgIpc) is 3.20. The molecule has 0 radical (unpaired) electrons. The van der Waals surface area contributed by atoms with Crippen LogP contribution in [0.25, 0.3) is 0 Å². The first kappa shape index (κ1) is 23.8. The number of hydrogen-bond donors (Lipinski definition) is 1. The first-order valence-electron chi connectivity index (χ1n) is 12.8. The Morgan fingerprint density at radius 2 is 1.31 bits per heavy atom. The van der Waals surface area contributed by atoms with E-state index in [1.807, 2.05) is 6.26 Å². The Bertz CT molecular complexity index is 1040. The van der Waals surface area contributed by atoms with Crippen molar-refractivity contribution in [3.63, 3.8) is 0 Å². The third-order valence-electron chi connectivity index (χ3n) is 7.92. The summed E-state index contributed by atoms with van der Waals surface area (Å²) in [4.78, 5) is 2.82. The van der Waals surface area contributed by atoms with E-state index in [0.717, 1.165) is 19.4 Å². The van der Waals surface area contributed by atoms with Gasteiger partial charge in [0.2, 0.25) is 0 Å². The van der Waals surface area contributed by atoms with E-state index in [1.165, 1.54) is 16.7 Å². The van der Waals surface area contributed by atoms with E-state index in [2.05, 4.69) is 128 Å². The molecule has 0 saturated carbocycles. The normalized spacial score (nSPS) is 25.1. The maximum absolute atomic E-state index is 5.49. The maximum atomic E-state index is 5.49. The number of nitrogens with zero attached hydrogens (tertiary/aromatic N) is 1. The highest BCUT2D eigenvalue weighted by Crippen LogP contribution is 2.52. The van der Waals surface area contributed by atoms with Crippen LogP contribution in [0.2, 0.25) is 0 Å². The molecule has 2 heterocycles. The third kappa shape index (κ3) is 4.01.